The zero-order valence-electron chi connectivity index (χ0n) is 7.82. The summed E-state index contributed by atoms with van der Waals surface area (Å²) in [5.74, 6) is 0.679. The number of ether oxygens (including phenoxy) is 1. The zero-order chi connectivity index (χ0) is 9.14. The first-order valence-electron chi connectivity index (χ1n) is 4.09. The van der Waals surface area contributed by atoms with E-state index >= 15 is 0 Å². The van der Waals surface area contributed by atoms with Crippen LogP contribution in [0, 0.1) is 0 Å². The van der Waals surface area contributed by atoms with Gasteiger partial charge in [0.25, 0.3) is 0 Å². The van der Waals surface area contributed by atoms with E-state index in [1.807, 2.05) is 25.9 Å². The largest absolute Gasteiger partial charge is 0.479 e. The van der Waals surface area contributed by atoms with E-state index in [1.165, 1.54) is 0 Å². The van der Waals surface area contributed by atoms with Gasteiger partial charge in [-0.15, -0.1) is 0 Å². The summed E-state index contributed by atoms with van der Waals surface area (Å²) < 4.78 is 5.14. The Morgan fingerprint density at radius 1 is 1.75 bits per heavy atom. The number of likely N-dealkylation sites (N-methyl/N-ethyl adjacent to an activating group) is 1. The van der Waals surface area contributed by atoms with Gasteiger partial charge >= 0.3 is 0 Å². The molecule has 1 heterocycles. The molecule has 2 atom stereocenters. The first kappa shape index (κ1) is 9.48. The number of hydrogen-bond acceptors (Lipinski definition) is 4. The van der Waals surface area contributed by atoms with Crippen LogP contribution >= 0.6 is 0 Å². The van der Waals surface area contributed by atoms with Crippen LogP contribution in [0.3, 0.4) is 0 Å². The summed E-state index contributed by atoms with van der Waals surface area (Å²) in [4.78, 5) is 6.10. The zero-order valence-corrected chi connectivity index (χ0v) is 7.82. The molecule has 0 aliphatic carbocycles. The van der Waals surface area contributed by atoms with Gasteiger partial charge in [0.05, 0.1) is 6.10 Å². The number of rotatable bonds is 3. The lowest BCUT2D eigenvalue weighted by Crippen LogP contribution is -2.35. The highest BCUT2D eigenvalue weighted by molar-refractivity contribution is 5.74. The van der Waals surface area contributed by atoms with Crippen LogP contribution in [0.25, 0.3) is 0 Å². The minimum absolute atomic E-state index is 0.0765. The second kappa shape index (κ2) is 3.87. The molecule has 0 aromatic carbocycles. The number of aliphatic hydroxyl groups excluding tert-OH is 1. The van der Waals surface area contributed by atoms with Gasteiger partial charge < -0.3 is 14.7 Å². The van der Waals surface area contributed by atoms with Crippen LogP contribution in [0.4, 0.5) is 0 Å². The van der Waals surface area contributed by atoms with Crippen molar-refractivity contribution >= 4 is 5.90 Å². The van der Waals surface area contributed by atoms with Crippen LogP contribution in [0.15, 0.2) is 4.99 Å². The van der Waals surface area contributed by atoms with E-state index < -0.39 is 6.10 Å². The summed E-state index contributed by atoms with van der Waals surface area (Å²) in [6.45, 7) is 2.95. The molecule has 1 N–H and O–H groups in total. The summed E-state index contributed by atoms with van der Waals surface area (Å²) in [5.41, 5.74) is 0. The molecule has 0 aromatic heterocycles. The smallest absolute Gasteiger partial charge is 0.180 e. The molecule has 0 spiro atoms. The van der Waals surface area contributed by atoms with Crippen molar-refractivity contribution in [3.05, 3.63) is 0 Å². The van der Waals surface area contributed by atoms with Gasteiger partial charge in [-0.05, 0) is 14.1 Å². The monoisotopic (exact) mass is 172 g/mol. The van der Waals surface area contributed by atoms with Crippen molar-refractivity contribution in [1.82, 2.24) is 4.90 Å². The molecule has 12 heavy (non-hydrogen) atoms. The average molecular weight is 172 g/mol. The summed E-state index contributed by atoms with van der Waals surface area (Å²) >= 11 is 0. The Morgan fingerprint density at radius 3 is 2.83 bits per heavy atom. The van der Waals surface area contributed by atoms with Crippen molar-refractivity contribution in [2.75, 3.05) is 27.2 Å². The van der Waals surface area contributed by atoms with Crippen molar-refractivity contribution in [3.8, 4) is 0 Å². The maximum absolute atomic E-state index is 9.61. The second-order valence-electron chi connectivity index (χ2n) is 3.36. The normalized spacial score (nSPS) is 25.4. The first-order valence-corrected chi connectivity index (χ1v) is 4.09. The van der Waals surface area contributed by atoms with Gasteiger partial charge in [0.15, 0.2) is 5.90 Å². The van der Waals surface area contributed by atoms with Crippen molar-refractivity contribution in [1.29, 1.82) is 0 Å². The highest BCUT2D eigenvalue weighted by Gasteiger charge is 2.24. The number of aliphatic hydroxyl groups is 1. The highest BCUT2D eigenvalue weighted by Crippen LogP contribution is 2.08. The van der Waals surface area contributed by atoms with E-state index in [2.05, 4.69) is 4.99 Å². The van der Waals surface area contributed by atoms with Crippen molar-refractivity contribution < 1.29 is 9.84 Å². The Kier molecular flexibility index (Phi) is 3.05. The molecule has 0 saturated heterocycles. The minimum Gasteiger partial charge on any atom is -0.479 e. The third kappa shape index (κ3) is 2.46. The van der Waals surface area contributed by atoms with E-state index in [0.717, 1.165) is 0 Å². The lowest BCUT2D eigenvalue weighted by Gasteiger charge is -2.18. The summed E-state index contributed by atoms with van der Waals surface area (Å²) in [5, 5.41) is 9.61. The fourth-order valence-electron chi connectivity index (χ4n) is 1.21. The predicted molar refractivity (Wildman–Crippen MR) is 47.4 cm³/mol. The number of hydrogen-bond donors (Lipinski definition) is 1. The third-order valence-corrected chi connectivity index (χ3v) is 1.81. The lowest BCUT2D eigenvalue weighted by atomic mass is 10.2. The summed E-state index contributed by atoms with van der Waals surface area (Å²) in [7, 11) is 3.85. The van der Waals surface area contributed by atoms with Crippen LogP contribution < -0.4 is 0 Å². The third-order valence-electron chi connectivity index (χ3n) is 1.81. The Bertz CT molecular complexity index is 180. The topological polar surface area (TPSA) is 45.1 Å². The van der Waals surface area contributed by atoms with Crippen LogP contribution in [0.2, 0.25) is 0 Å². The van der Waals surface area contributed by atoms with Crippen LogP contribution in [0.1, 0.15) is 6.92 Å². The standard InChI is InChI=1S/C8H16N2O2/c1-6-9-7(5-12-6)8(11)4-10(2)3/h7-8,11H,4-5H2,1-3H3/t7-,8+/m0/s1. The molecule has 0 fully saturated rings. The Balaban J connectivity index is 2.38. The quantitative estimate of drug-likeness (QED) is 0.637. The van der Waals surface area contributed by atoms with E-state index in [0.29, 0.717) is 19.0 Å². The molecule has 1 rings (SSSR count). The molecular formula is C8H16N2O2. The van der Waals surface area contributed by atoms with E-state index in [4.69, 9.17) is 4.74 Å². The Hall–Kier alpha value is -0.610. The van der Waals surface area contributed by atoms with Gasteiger partial charge in [-0.1, -0.05) is 0 Å². The van der Waals surface area contributed by atoms with Gasteiger partial charge in [0.1, 0.15) is 12.6 Å². The van der Waals surface area contributed by atoms with Crippen molar-refractivity contribution in [2.45, 2.75) is 19.1 Å². The molecule has 4 heteroatoms. The van der Waals surface area contributed by atoms with E-state index in [-0.39, 0.29) is 6.04 Å². The van der Waals surface area contributed by atoms with Gasteiger partial charge in [-0.3, -0.25) is 0 Å². The minimum atomic E-state index is -0.419. The summed E-state index contributed by atoms with van der Waals surface area (Å²) in [6, 6.07) is -0.0765. The number of aliphatic imine (C=N–C) groups is 1. The van der Waals surface area contributed by atoms with Gasteiger partial charge in [-0.2, -0.15) is 0 Å². The fraction of sp³-hybridized carbons (Fsp3) is 0.875. The molecule has 0 radical (unpaired) electrons. The van der Waals surface area contributed by atoms with E-state index in [9.17, 15) is 5.11 Å². The van der Waals surface area contributed by atoms with Crippen LogP contribution in [-0.4, -0.2) is 55.3 Å². The highest BCUT2D eigenvalue weighted by atomic mass is 16.5. The van der Waals surface area contributed by atoms with Gasteiger partial charge in [-0.25, -0.2) is 4.99 Å². The van der Waals surface area contributed by atoms with Gasteiger partial charge in [0.2, 0.25) is 0 Å². The Labute approximate surface area is 72.9 Å². The SMILES string of the molecule is CC1=N[C@H]([C@H](O)CN(C)C)CO1. The predicted octanol–water partition coefficient (Wildman–Crippen LogP) is -0.274. The molecule has 70 valence electrons. The molecule has 0 amide bonds. The van der Waals surface area contributed by atoms with Crippen molar-refractivity contribution in [3.63, 3.8) is 0 Å². The molecule has 0 bridgehead atoms. The number of nitrogens with zero attached hydrogens (tertiary/aromatic N) is 2. The summed E-state index contributed by atoms with van der Waals surface area (Å²) in [6.07, 6.45) is -0.419. The first-order chi connectivity index (χ1) is 5.59. The van der Waals surface area contributed by atoms with Crippen molar-refractivity contribution in [2.24, 2.45) is 4.99 Å². The second-order valence-corrected chi connectivity index (χ2v) is 3.36. The molecule has 4 nitrogen and oxygen atoms in total. The molecule has 0 aromatic rings. The molecule has 0 saturated carbocycles. The average Bonchev–Trinajstić information content (AvgIpc) is 2.34. The molecular weight excluding hydrogens is 156 g/mol. The van der Waals surface area contributed by atoms with Crippen LogP contribution in [-0.2, 0) is 4.74 Å². The fourth-order valence-corrected chi connectivity index (χ4v) is 1.21. The van der Waals surface area contributed by atoms with Gasteiger partial charge in [0, 0.05) is 13.5 Å². The molecule has 0 unspecified atom stereocenters. The maximum Gasteiger partial charge on any atom is 0.180 e. The molecule has 1 aliphatic heterocycles. The maximum atomic E-state index is 9.61. The van der Waals surface area contributed by atoms with E-state index in [1.54, 1.807) is 0 Å². The molecule has 1 aliphatic rings. The van der Waals surface area contributed by atoms with Crippen LogP contribution in [0.5, 0.6) is 0 Å². The lowest BCUT2D eigenvalue weighted by molar-refractivity contribution is 0.1000. The Morgan fingerprint density at radius 2 is 2.42 bits per heavy atom.